The number of hydrogen-bond acceptors (Lipinski definition) is 7. The van der Waals surface area contributed by atoms with Gasteiger partial charge in [-0.3, -0.25) is 19.0 Å². The Kier molecular flexibility index (Phi) is 6.34. The molecule has 1 amide bonds. The van der Waals surface area contributed by atoms with Crippen LogP contribution in [0.2, 0.25) is 0 Å². The summed E-state index contributed by atoms with van der Waals surface area (Å²) in [5, 5.41) is 9.41. The number of aryl methyl sites for hydroxylation is 2. The maximum atomic E-state index is 13.7. The number of amides is 1. The lowest BCUT2D eigenvalue weighted by atomic mass is 10.1. The van der Waals surface area contributed by atoms with Gasteiger partial charge in [-0.05, 0) is 43.7 Å². The van der Waals surface area contributed by atoms with E-state index in [2.05, 4.69) is 15.3 Å². The predicted octanol–water partition coefficient (Wildman–Crippen LogP) is 3.49. The van der Waals surface area contributed by atoms with Crippen LogP contribution in [0.1, 0.15) is 22.6 Å². The number of aromatic nitrogens is 5. The molecule has 5 aromatic rings. The SMILES string of the molecule is COc1ccccc1-n1nc(-c2c(C)nc3scc(CC(=O)NCc4cccnc4)n3c2=O)cc1C. The molecule has 0 aliphatic heterocycles. The lowest BCUT2D eigenvalue weighted by Crippen LogP contribution is -2.27. The highest BCUT2D eigenvalue weighted by atomic mass is 32.1. The highest BCUT2D eigenvalue weighted by Gasteiger charge is 2.20. The molecule has 0 saturated heterocycles. The maximum Gasteiger partial charge on any atom is 0.268 e. The number of hydrogen-bond donors (Lipinski definition) is 1. The van der Waals surface area contributed by atoms with E-state index in [1.807, 2.05) is 49.4 Å². The van der Waals surface area contributed by atoms with Crippen LogP contribution in [0.4, 0.5) is 0 Å². The molecule has 0 atom stereocenters. The number of ether oxygens (including phenoxy) is 1. The number of thiazole rings is 1. The Morgan fingerprint density at radius 3 is 2.78 bits per heavy atom. The number of carbonyl (C=O) groups is 1. The van der Waals surface area contributed by atoms with Gasteiger partial charge in [0.05, 0.1) is 24.8 Å². The van der Waals surface area contributed by atoms with Gasteiger partial charge in [0.1, 0.15) is 17.1 Å². The molecule has 0 spiro atoms. The summed E-state index contributed by atoms with van der Waals surface area (Å²) in [5.41, 5.74) is 4.35. The molecule has 0 aliphatic carbocycles. The Balaban J connectivity index is 1.49. The van der Waals surface area contributed by atoms with Crippen LogP contribution in [-0.4, -0.2) is 37.2 Å². The predicted molar refractivity (Wildman–Crippen MR) is 138 cm³/mol. The van der Waals surface area contributed by atoms with Crippen molar-refractivity contribution in [3.8, 4) is 22.7 Å². The fraction of sp³-hybridized carbons (Fsp3) is 0.192. The number of methoxy groups -OCH3 is 1. The molecule has 182 valence electrons. The van der Waals surface area contributed by atoms with Gasteiger partial charge in [0.25, 0.3) is 5.56 Å². The van der Waals surface area contributed by atoms with E-state index in [0.29, 0.717) is 39.9 Å². The number of carbonyl (C=O) groups excluding carboxylic acids is 1. The fourth-order valence-corrected chi connectivity index (χ4v) is 5.03. The molecule has 0 fully saturated rings. The van der Waals surface area contributed by atoms with Gasteiger partial charge in [-0.1, -0.05) is 18.2 Å². The minimum atomic E-state index is -0.251. The van der Waals surface area contributed by atoms with Crippen molar-refractivity contribution in [2.24, 2.45) is 0 Å². The van der Waals surface area contributed by atoms with Gasteiger partial charge >= 0.3 is 0 Å². The Morgan fingerprint density at radius 1 is 1.17 bits per heavy atom. The summed E-state index contributed by atoms with van der Waals surface area (Å²) in [4.78, 5) is 35.6. The van der Waals surface area contributed by atoms with Crippen molar-refractivity contribution in [3.63, 3.8) is 0 Å². The molecule has 10 heteroatoms. The van der Waals surface area contributed by atoms with Gasteiger partial charge in [0.15, 0.2) is 4.96 Å². The standard InChI is InChI=1S/C26H24N6O3S/c1-16-11-20(30-32(16)21-8-4-5-9-22(21)35-3)24-17(2)29-26-31(25(24)34)19(15-36-26)12-23(33)28-14-18-7-6-10-27-13-18/h4-11,13,15H,12,14H2,1-3H3,(H,28,33). The molecule has 4 heterocycles. The zero-order valence-electron chi connectivity index (χ0n) is 20.1. The molecule has 0 unspecified atom stereocenters. The van der Waals surface area contributed by atoms with E-state index in [1.54, 1.807) is 36.5 Å². The van der Waals surface area contributed by atoms with Crippen LogP contribution in [0.15, 0.2) is 65.0 Å². The third kappa shape index (κ3) is 4.38. The molecular weight excluding hydrogens is 476 g/mol. The van der Waals surface area contributed by atoms with Crippen molar-refractivity contribution in [1.82, 2.24) is 29.5 Å². The summed E-state index contributed by atoms with van der Waals surface area (Å²) >= 11 is 1.33. The molecule has 5 rings (SSSR count). The van der Waals surface area contributed by atoms with Crippen molar-refractivity contribution in [3.05, 3.63) is 93.2 Å². The van der Waals surface area contributed by atoms with Crippen LogP contribution >= 0.6 is 11.3 Å². The van der Waals surface area contributed by atoms with E-state index in [4.69, 9.17) is 9.84 Å². The molecule has 36 heavy (non-hydrogen) atoms. The largest absolute Gasteiger partial charge is 0.494 e. The minimum absolute atomic E-state index is 0.0546. The summed E-state index contributed by atoms with van der Waals surface area (Å²) in [6, 6.07) is 13.1. The van der Waals surface area contributed by atoms with E-state index < -0.39 is 0 Å². The highest BCUT2D eigenvalue weighted by Crippen LogP contribution is 2.27. The molecule has 0 aliphatic rings. The fourth-order valence-electron chi connectivity index (χ4n) is 4.10. The van der Waals surface area contributed by atoms with Crippen molar-refractivity contribution in [1.29, 1.82) is 0 Å². The topological polar surface area (TPSA) is 103 Å². The van der Waals surface area contributed by atoms with Gasteiger partial charge < -0.3 is 10.1 Å². The first kappa shape index (κ1) is 23.4. The van der Waals surface area contributed by atoms with E-state index in [1.165, 1.54) is 15.7 Å². The third-order valence-corrected chi connectivity index (χ3v) is 6.71. The van der Waals surface area contributed by atoms with Crippen molar-refractivity contribution in [2.45, 2.75) is 26.8 Å². The van der Waals surface area contributed by atoms with Crippen LogP contribution < -0.4 is 15.6 Å². The van der Waals surface area contributed by atoms with Gasteiger partial charge in [0, 0.05) is 35.7 Å². The monoisotopic (exact) mass is 500 g/mol. The quantitative estimate of drug-likeness (QED) is 0.367. The number of fused-ring (bicyclic) bond motifs is 1. The molecule has 0 bridgehead atoms. The van der Waals surface area contributed by atoms with Gasteiger partial charge in [0.2, 0.25) is 5.91 Å². The number of benzene rings is 1. The van der Waals surface area contributed by atoms with Crippen molar-refractivity contribution < 1.29 is 9.53 Å². The van der Waals surface area contributed by atoms with Crippen LogP contribution in [0.5, 0.6) is 5.75 Å². The van der Waals surface area contributed by atoms with Crippen LogP contribution in [0.25, 0.3) is 21.9 Å². The first-order valence-corrected chi connectivity index (χ1v) is 12.2. The second kappa shape index (κ2) is 9.74. The highest BCUT2D eigenvalue weighted by molar-refractivity contribution is 7.15. The summed E-state index contributed by atoms with van der Waals surface area (Å²) in [6.07, 6.45) is 3.44. The molecule has 0 saturated carbocycles. The van der Waals surface area contributed by atoms with E-state index >= 15 is 0 Å². The number of nitrogens with zero attached hydrogens (tertiary/aromatic N) is 5. The Hall–Kier alpha value is -4.31. The first-order chi connectivity index (χ1) is 17.5. The molecular formula is C26H24N6O3S. The molecule has 1 N–H and O–H groups in total. The molecule has 1 aromatic carbocycles. The van der Waals surface area contributed by atoms with Crippen molar-refractivity contribution >= 4 is 22.2 Å². The first-order valence-electron chi connectivity index (χ1n) is 11.3. The summed E-state index contributed by atoms with van der Waals surface area (Å²) in [5.74, 6) is 0.485. The Morgan fingerprint density at radius 2 is 2.00 bits per heavy atom. The van der Waals surface area contributed by atoms with E-state index in [9.17, 15) is 9.59 Å². The second-order valence-corrected chi connectivity index (χ2v) is 9.13. The minimum Gasteiger partial charge on any atom is -0.494 e. The number of para-hydroxylation sites is 2. The number of rotatable bonds is 7. The van der Waals surface area contributed by atoms with E-state index in [0.717, 1.165) is 16.9 Å². The lowest BCUT2D eigenvalue weighted by molar-refractivity contribution is -0.120. The van der Waals surface area contributed by atoms with Crippen LogP contribution in [0, 0.1) is 13.8 Å². The molecule has 4 aromatic heterocycles. The smallest absolute Gasteiger partial charge is 0.268 e. The average Bonchev–Trinajstić information content (AvgIpc) is 3.46. The lowest BCUT2D eigenvalue weighted by Gasteiger charge is -2.09. The maximum absolute atomic E-state index is 13.7. The summed E-state index contributed by atoms with van der Waals surface area (Å²) in [6.45, 7) is 4.09. The number of nitrogens with one attached hydrogen (secondary N) is 1. The second-order valence-electron chi connectivity index (χ2n) is 8.29. The Labute approximate surface area is 211 Å². The zero-order chi connectivity index (χ0) is 25.2. The number of pyridine rings is 1. The average molecular weight is 501 g/mol. The normalized spacial score (nSPS) is 11.1. The Bertz CT molecular complexity index is 1620. The third-order valence-electron chi connectivity index (χ3n) is 5.83. The van der Waals surface area contributed by atoms with Gasteiger partial charge in [-0.15, -0.1) is 11.3 Å². The van der Waals surface area contributed by atoms with E-state index in [-0.39, 0.29) is 17.9 Å². The van der Waals surface area contributed by atoms with Gasteiger partial charge in [-0.25, -0.2) is 9.67 Å². The molecule has 0 radical (unpaired) electrons. The van der Waals surface area contributed by atoms with Crippen molar-refractivity contribution in [2.75, 3.05) is 7.11 Å². The molecule has 9 nitrogen and oxygen atoms in total. The van der Waals surface area contributed by atoms with Crippen LogP contribution in [-0.2, 0) is 17.8 Å². The zero-order valence-corrected chi connectivity index (χ0v) is 20.9. The summed E-state index contributed by atoms with van der Waals surface area (Å²) < 4.78 is 8.75. The van der Waals surface area contributed by atoms with Gasteiger partial charge in [-0.2, -0.15) is 5.10 Å². The van der Waals surface area contributed by atoms with Crippen LogP contribution in [0.3, 0.4) is 0 Å². The summed E-state index contributed by atoms with van der Waals surface area (Å²) in [7, 11) is 1.61.